The van der Waals surface area contributed by atoms with Gasteiger partial charge in [-0.25, -0.2) is 0 Å². The van der Waals surface area contributed by atoms with Crippen LogP contribution in [-0.2, 0) is 0 Å². The van der Waals surface area contributed by atoms with Crippen LogP contribution < -0.4 is 0 Å². The molecular weight excluding hydrogens is 226 g/mol. The normalized spacial score (nSPS) is 10.9. The Labute approximate surface area is 104 Å². The number of aromatic nitrogens is 3. The van der Waals surface area contributed by atoms with E-state index in [2.05, 4.69) is 10.2 Å². The van der Waals surface area contributed by atoms with Crippen molar-refractivity contribution in [1.82, 2.24) is 15.0 Å². The summed E-state index contributed by atoms with van der Waals surface area (Å²) in [5.74, 6) is 0.168. The van der Waals surface area contributed by atoms with Gasteiger partial charge in [0.15, 0.2) is 0 Å². The summed E-state index contributed by atoms with van der Waals surface area (Å²) in [6.07, 6.45) is 1.96. The van der Waals surface area contributed by atoms with Gasteiger partial charge in [0.05, 0.1) is 0 Å². The molecule has 3 rings (SSSR count). The molecule has 3 aromatic rings. The third-order valence-corrected chi connectivity index (χ3v) is 2.83. The van der Waals surface area contributed by atoms with E-state index in [9.17, 15) is 5.11 Å². The molecule has 18 heavy (non-hydrogen) atoms. The van der Waals surface area contributed by atoms with Gasteiger partial charge in [-0.3, -0.25) is 0 Å². The van der Waals surface area contributed by atoms with Gasteiger partial charge in [0.25, 0.3) is 0 Å². The molecular formula is C14H12N3O. The number of hydrogen-bond donors (Lipinski definition) is 1. The fraction of sp³-hybridized carbons (Fsp3) is 0.0714. The highest BCUT2D eigenvalue weighted by molar-refractivity contribution is 5.73. The lowest BCUT2D eigenvalue weighted by Gasteiger charge is -2.04. The molecule has 0 aliphatic rings. The van der Waals surface area contributed by atoms with Crippen LogP contribution in [0.5, 0.6) is 5.75 Å². The van der Waals surface area contributed by atoms with Crippen molar-refractivity contribution in [2.75, 3.05) is 0 Å². The molecule has 0 spiro atoms. The predicted octanol–water partition coefficient (Wildman–Crippen LogP) is 2.70. The number of hydrogen-bond acceptors (Lipinski definition) is 3. The van der Waals surface area contributed by atoms with E-state index in [1.165, 1.54) is 4.80 Å². The van der Waals surface area contributed by atoms with Crippen LogP contribution in [0.3, 0.4) is 0 Å². The molecule has 0 aliphatic carbocycles. The first-order chi connectivity index (χ1) is 8.78. The first-order valence-electron chi connectivity index (χ1n) is 5.73. The Hall–Kier alpha value is -2.36. The fourth-order valence-electron chi connectivity index (χ4n) is 1.85. The van der Waals surface area contributed by atoms with Gasteiger partial charge >= 0.3 is 0 Å². The first-order valence-corrected chi connectivity index (χ1v) is 5.73. The maximum atomic E-state index is 9.89. The van der Waals surface area contributed by atoms with Crippen molar-refractivity contribution in [3.8, 4) is 11.4 Å². The Morgan fingerprint density at radius 3 is 2.33 bits per heavy atom. The smallest absolute Gasteiger partial charge is 0.143 e. The second-order valence-corrected chi connectivity index (χ2v) is 4.01. The molecule has 0 aliphatic heterocycles. The molecule has 1 heterocycles. The molecule has 0 unspecified atom stereocenters. The van der Waals surface area contributed by atoms with Crippen LogP contribution in [0.4, 0.5) is 0 Å². The Morgan fingerprint density at radius 2 is 1.72 bits per heavy atom. The van der Waals surface area contributed by atoms with Crippen LogP contribution in [0, 0.1) is 6.42 Å². The molecule has 1 N–H and O–H groups in total. The van der Waals surface area contributed by atoms with Crippen LogP contribution in [0.1, 0.15) is 12.5 Å². The molecule has 4 heteroatoms. The largest absolute Gasteiger partial charge is 0.506 e. The maximum Gasteiger partial charge on any atom is 0.143 e. The zero-order valence-corrected chi connectivity index (χ0v) is 9.91. The number of phenols is 1. The van der Waals surface area contributed by atoms with E-state index in [4.69, 9.17) is 0 Å². The Morgan fingerprint density at radius 1 is 1.06 bits per heavy atom. The Kier molecular flexibility index (Phi) is 2.48. The summed E-state index contributed by atoms with van der Waals surface area (Å²) in [4.78, 5) is 1.47. The number of benzene rings is 2. The highest BCUT2D eigenvalue weighted by atomic mass is 16.3. The predicted molar refractivity (Wildman–Crippen MR) is 69.6 cm³/mol. The average Bonchev–Trinajstić information content (AvgIpc) is 2.82. The van der Waals surface area contributed by atoms with Crippen LogP contribution in [0.2, 0.25) is 0 Å². The molecule has 0 amide bonds. The van der Waals surface area contributed by atoms with Crippen molar-refractivity contribution in [3.05, 3.63) is 54.4 Å². The van der Waals surface area contributed by atoms with Crippen LogP contribution >= 0.6 is 0 Å². The van der Waals surface area contributed by atoms with Gasteiger partial charge < -0.3 is 5.11 Å². The summed E-state index contributed by atoms with van der Waals surface area (Å²) in [7, 11) is 0. The second kappa shape index (κ2) is 4.14. The van der Waals surface area contributed by atoms with E-state index in [1.807, 2.05) is 49.7 Å². The number of fused-ring (bicyclic) bond motifs is 1. The average molecular weight is 238 g/mol. The standard InChI is InChI=1S/C14H12N3O/c1-2-10-7-8-14(18)13(9-10)17-15-11-5-3-4-6-12(11)16-17/h2-9,18H,1H3. The third-order valence-electron chi connectivity index (χ3n) is 2.83. The third kappa shape index (κ3) is 1.72. The van der Waals surface area contributed by atoms with E-state index in [1.54, 1.807) is 6.07 Å². The minimum atomic E-state index is 0.168. The topological polar surface area (TPSA) is 50.9 Å². The van der Waals surface area contributed by atoms with Gasteiger partial charge in [-0.2, -0.15) is 0 Å². The highest BCUT2D eigenvalue weighted by Gasteiger charge is 2.08. The summed E-state index contributed by atoms with van der Waals surface area (Å²) in [6.45, 7) is 1.95. The summed E-state index contributed by atoms with van der Waals surface area (Å²) >= 11 is 0. The quantitative estimate of drug-likeness (QED) is 0.746. The lowest BCUT2D eigenvalue weighted by atomic mass is 10.1. The summed E-state index contributed by atoms with van der Waals surface area (Å²) in [5.41, 5.74) is 3.22. The van der Waals surface area contributed by atoms with Crippen molar-refractivity contribution in [1.29, 1.82) is 0 Å². The van der Waals surface area contributed by atoms with Gasteiger partial charge in [-0.15, -0.1) is 15.0 Å². The van der Waals surface area contributed by atoms with E-state index in [-0.39, 0.29) is 5.75 Å². The van der Waals surface area contributed by atoms with Crippen LogP contribution in [-0.4, -0.2) is 20.1 Å². The molecule has 89 valence electrons. The van der Waals surface area contributed by atoms with E-state index in [0.29, 0.717) is 5.69 Å². The summed E-state index contributed by atoms with van der Waals surface area (Å²) in [5, 5.41) is 18.6. The SMILES string of the molecule is C[CH]c1ccc(O)c(-n2nc3ccccc3n2)c1. The van der Waals surface area contributed by atoms with Crippen molar-refractivity contribution in [2.45, 2.75) is 6.92 Å². The second-order valence-electron chi connectivity index (χ2n) is 4.01. The summed E-state index contributed by atoms with van der Waals surface area (Å²) in [6, 6.07) is 13.0. The Balaban J connectivity index is 2.19. The molecule has 1 aromatic heterocycles. The lowest BCUT2D eigenvalue weighted by molar-refractivity contribution is 0.467. The lowest BCUT2D eigenvalue weighted by Crippen LogP contribution is -1.99. The number of phenolic OH excluding ortho intramolecular Hbond substituents is 1. The van der Waals surface area contributed by atoms with Crippen LogP contribution in [0.15, 0.2) is 42.5 Å². The van der Waals surface area contributed by atoms with Crippen molar-refractivity contribution >= 4 is 11.0 Å². The first kappa shape index (κ1) is 10.8. The molecule has 0 saturated heterocycles. The number of nitrogens with zero attached hydrogens (tertiary/aromatic N) is 3. The molecule has 0 bridgehead atoms. The molecule has 2 aromatic carbocycles. The van der Waals surface area contributed by atoms with Gasteiger partial charge in [0, 0.05) is 0 Å². The van der Waals surface area contributed by atoms with Gasteiger partial charge in [0.1, 0.15) is 22.5 Å². The Bertz CT molecular complexity index is 670. The number of rotatable bonds is 2. The van der Waals surface area contributed by atoms with Crippen LogP contribution in [0.25, 0.3) is 16.7 Å². The maximum absolute atomic E-state index is 9.89. The number of aromatic hydroxyl groups is 1. The van der Waals surface area contributed by atoms with Gasteiger partial charge in [-0.1, -0.05) is 25.1 Å². The van der Waals surface area contributed by atoms with Crippen molar-refractivity contribution < 1.29 is 5.11 Å². The van der Waals surface area contributed by atoms with Gasteiger partial charge in [0.2, 0.25) is 0 Å². The zero-order chi connectivity index (χ0) is 12.5. The van der Waals surface area contributed by atoms with E-state index < -0.39 is 0 Å². The van der Waals surface area contributed by atoms with Crippen molar-refractivity contribution in [3.63, 3.8) is 0 Å². The molecule has 0 saturated carbocycles. The molecule has 4 nitrogen and oxygen atoms in total. The van der Waals surface area contributed by atoms with E-state index >= 15 is 0 Å². The summed E-state index contributed by atoms with van der Waals surface area (Å²) < 4.78 is 0. The molecule has 1 radical (unpaired) electrons. The van der Waals surface area contributed by atoms with E-state index in [0.717, 1.165) is 16.6 Å². The highest BCUT2D eigenvalue weighted by Crippen LogP contribution is 2.23. The molecule has 0 fully saturated rings. The minimum Gasteiger partial charge on any atom is -0.506 e. The molecule has 0 atom stereocenters. The van der Waals surface area contributed by atoms with Crippen molar-refractivity contribution in [2.24, 2.45) is 0 Å². The monoisotopic (exact) mass is 238 g/mol. The minimum absolute atomic E-state index is 0.168. The van der Waals surface area contributed by atoms with Gasteiger partial charge in [-0.05, 0) is 36.2 Å². The zero-order valence-electron chi connectivity index (χ0n) is 9.91. The fourth-order valence-corrected chi connectivity index (χ4v) is 1.85.